The number of anilines is 1. The predicted octanol–water partition coefficient (Wildman–Crippen LogP) is 6.36. The molecule has 10 nitrogen and oxygen atoms in total. The molecule has 0 N–H and O–H groups in total. The van der Waals surface area contributed by atoms with Crippen molar-refractivity contribution in [2.45, 2.75) is 78.0 Å². The Kier molecular flexibility index (Phi) is 8.41. The van der Waals surface area contributed by atoms with Gasteiger partial charge in [-0.25, -0.2) is 9.48 Å². The molecule has 2 aliphatic rings. The smallest absolute Gasteiger partial charge is 0.413 e. The molecule has 230 valence electrons. The number of hydrogen-bond acceptors (Lipinski definition) is 7. The first-order chi connectivity index (χ1) is 20.1. The highest BCUT2D eigenvalue weighted by molar-refractivity contribution is 6.35. The van der Waals surface area contributed by atoms with Crippen molar-refractivity contribution in [2.75, 3.05) is 24.5 Å². The summed E-state index contributed by atoms with van der Waals surface area (Å²) in [5.41, 5.74) is 1.23. The van der Waals surface area contributed by atoms with Crippen molar-refractivity contribution in [3.63, 3.8) is 0 Å². The minimum absolute atomic E-state index is 0.0263. The van der Waals surface area contributed by atoms with Crippen molar-refractivity contribution < 1.29 is 19.1 Å². The number of halogens is 2. The quantitative estimate of drug-likeness (QED) is 0.332. The van der Waals surface area contributed by atoms with Crippen LogP contribution in [0.25, 0.3) is 5.69 Å². The number of ether oxygens (including phenoxy) is 2. The zero-order chi connectivity index (χ0) is 31.3. The minimum Gasteiger partial charge on any atom is -0.444 e. The number of benzene rings is 2. The van der Waals surface area contributed by atoms with Crippen molar-refractivity contribution in [3.8, 4) is 5.69 Å². The van der Waals surface area contributed by atoms with E-state index in [1.54, 1.807) is 40.0 Å². The van der Waals surface area contributed by atoms with Gasteiger partial charge in [-0.15, -0.1) is 5.10 Å². The van der Waals surface area contributed by atoms with Crippen molar-refractivity contribution >= 4 is 40.9 Å². The third kappa shape index (κ3) is 6.46. The monoisotopic (exact) mass is 628 g/mol. The van der Waals surface area contributed by atoms with Crippen LogP contribution in [-0.2, 0) is 9.47 Å². The Morgan fingerprint density at radius 1 is 1.05 bits per heavy atom. The Hall–Kier alpha value is -3.34. The highest BCUT2D eigenvalue weighted by Gasteiger charge is 2.51. The third-order valence-corrected chi connectivity index (χ3v) is 8.25. The zero-order valence-electron chi connectivity index (χ0n) is 25.5. The van der Waals surface area contributed by atoms with Gasteiger partial charge in [0.15, 0.2) is 0 Å². The molecule has 1 aromatic heterocycles. The zero-order valence-corrected chi connectivity index (χ0v) is 27.1. The molecule has 5 rings (SSSR count). The number of piperazine rings is 1. The summed E-state index contributed by atoms with van der Waals surface area (Å²) in [5.74, 6) is -0.0395. The first kappa shape index (κ1) is 31.1. The SMILES string of the molecule is CC1CN(c2cc(Cl)ccc2Cl)CCN1C(=O)c1ccc(-n2cc([C@@H]3[C@@H](C)OC(C)(C)N3C(=O)OC(C)(C)C)nn2)cc1. The van der Waals surface area contributed by atoms with E-state index in [9.17, 15) is 9.59 Å². The number of rotatable bonds is 4. The summed E-state index contributed by atoms with van der Waals surface area (Å²) < 4.78 is 13.4. The highest BCUT2D eigenvalue weighted by atomic mass is 35.5. The van der Waals surface area contributed by atoms with Gasteiger partial charge in [-0.2, -0.15) is 0 Å². The predicted molar refractivity (Wildman–Crippen MR) is 166 cm³/mol. The van der Waals surface area contributed by atoms with E-state index in [1.165, 1.54) is 0 Å². The van der Waals surface area contributed by atoms with Crippen LogP contribution in [0.4, 0.5) is 10.5 Å². The van der Waals surface area contributed by atoms with Gasteiger partial charge in [0.2, 0.25) is 0 Å². The van der Waals surface area contributed by atoms with Crippen LogP contribution in [-0.4, -0.2) is 79.9 Å². The van der Waals surface area contributed by atoms with Gasteiger partial charge in [-0.05, 0) is 90.9 Å². The molecule has 12 heteroatoms. The topological polar surface area (TPSA) is 93.0 Å². The molecule has 3 heterocycles. The molecule has 2 aliphatic heterocycles. The summed E-state index contributed by atoms with van der Waals surface area (Å²) in [7, 11) is 0. The maximum absolute atomic E-state index is 13.5. The van der Waals surface area contributed by atoms with Gasteiger partial charge in [0.1, 0.15) is 23.1 Å². The van der Waals surface area contributed by atoms with Crippen LogP contribution in [0.3, 0.4) is 0 Å². The molecular weight excluding hydrogens is 591 g/mol. The van der Waals surface area contributed by atoms with Crippen molar-refractivity contribution in [1.29, 1.82) is 0 Å². The Balaban J connectivity index is 1.29. The van der Waals surface area contributed by atoms with E-state index in [-0.39, 0.29) is 18.1 Å². The number of hydrogen-bond donors (Lipinski definition) is 0. The summed E-state index contributed by atoms with van der Waals surface area (Å²) in [6.45, 7) is 14.9. The van der Waals surface area contributed by atoms with Gasteiger partial charge in [-0.1, -0.05) is 28.4 Å². The molecule has 0 spiro atoms. The van der Waals surface area contributed by atoms with Crippen molar-refractivity contribution in [1.82, 2.24) is 24.8 Å². The lowest BCUT2D eigenvalue weighted by molar-refractivity contribution is -0.0757. The van der Waals surface area contributed by atoms with E-state index in [0.717, 1.165) is 11.4 Å². The van der Waals surface area contributed by atoms with Crippen LogP contribution in [0, 0.1) is 0 Å². The molecule has 0 saturated carbocycles. The Morgan fingerprint density at radius 2 is 1.74 bits per heavy atom. The van der Waals surface area contributed by atoms with Gasteiger partial charge >= 0.3 is 6.09 Å². The number of nitrogens with zero attached hydrogens (tertiary/aromatic N) is 6. The second-order valence-electron chi connectivity index (χ2n) is 12.6. The van der Waals surface area contributed by atoms with E-state index in [4.69, 9.17) is 32.7 Å². The summed E-state index contributed by atoms with van der Waals surface area (Å²) >= 11 is 12.6. The Labute approximate surface area is 262 Å². The summed E-state index contributed by atoms with van der Waals surface area (Å²) in [6.07, 6.45) is 0.975. The fourth-order valence-corrected chi connectivity index (χ4v) is 6.21. The standard InChI is InChI=1S/C31H38Cl2N6O4/c1-19-17-36(26-16-22(32)10-13-24(26)33)14-15-37(19)28(40)21-8-11-23(12-9-21)38-18-25(34-35-38)27-20(2)42-31(6,7)39(27)29(41)43-30(3,4)5/h8-13,16,18-20,27H,14-15,17H2,1-7H3/t19?,20-,27+/m1/s1. The first-order valence-corrected chi connectivity index (χ1v) is 15.1. The van der Waals surface area contributed by atoms with Crippen LogP contribution >= 0.6 is 23.2 Å². The summed E-state index contributed by atoms with van der Waals surface area (Å²) in [6, 6.07) is 12.2. The molecular formula is C31H38Cl2N6O4. The molecule has 1 unspecified atom stereocenters. The Bertz CT molecular complexity index is 1500. The van der Waals surface area contributed by atoms with Crippen LogP contribution in [0.5, 0.6) is 0 Å². The van der Waals surface area contributed by atoms with Crippen LogP contribution in [0.15, 0.2) is 48.7 Å². The molecule has 3 aromatic rings. The largest absolute Gasteiger partial charge is 0.444 e. The molecule has 0 aliphatic carbocycles. The number of carbonyl (C=O) groups excluding carboxylic acids is 2. The van der Waals surface area contributed by atoms with Gasteiger partial charge in [0, 0.05) is 36.3 Å². The lowest BCUT2D eigenvalue weighted by atomic mass is 10.1. The highest BCUT2D eigenvalue weighted by Crippen LogP contribution is 2.41. The third-order valence-electron chi connectivity index (χ3n) is 7.70. The number of carbonyl (C=O) groups is 2. The van der Waals surface area contributed by atoms with Crippen LogP contribution in [0.1, 0.15) is 70.6 Å². The van der Waals surface area contributed by atoms with E-state index < -0.39 is 23.5 Å². The maximum atomic E-state index is 13.5. The van der Waals surface area contributed by atoms with Crippen molar-refractivity contribution in [3.05, 3.63) is 70.0 Å². The van der Waals surface area contributed by atoms with Gasteiger partial charge in [0.05, 0.1) is 28.7 Å². The fourth-order valence-electron chi connectivity index (χ4n) is 5.81. The average molecular weight is 630 g/mol. The average Bonchev–Trinajstić information content (AvgIpc) is 3.49. The maximum Gasteiger partial charge on any atom is 0.413 e. The summed E-state index contributed by atoms with van der Waals surface area (Å²) in [5, 5.41) is 9.97. The molecule has 0 radical (unpaired) electrons. The molecule has 0 bridgehead atoms. The lowest BCUT2D eigenvalue weighted by Gasteiger charge is -2.41. The molecule has 2 fully saturated rings. The van der Waals surface area contributed by atoms with E-state index in [2.05, 4.69) is 15.2 Å². The van der Waals surface area contributed by atoms with Gasteiger partial charge in [-0.3, -0.25) is 9.69 Å². The Morgan fingerprint density at radius 3 is 2.40 bits per heavy atom. The van der Waals surface area contributed by atoms with Crippen molar-refractivity contribution in [2.24, 2.45) is 0 Å². The minimum atomic E-state index is -0.888. The molecule has 2 aromatic carbocycles. The first-order valence-electron chi connectivity index (χ1n) is 14.4. The number of amides is 2. The van der Waals surface area contributed by atoms with Crippen LogP contribution in [0.2, 0.25) is 10.0 Å². The van der Waals surface area contributed by atoms with E-state index >= 15 is 0 Å². The second kappa shape index (κ2) is 11.6. The second-order valence-corrected chi connectivity index (χ2v) is 13.4. The molecule has 43 heavy (non-hydrogen) atoms. The van der Waals surface area contributed by atoms with E-state index in [1.807, 2.05) is 71.6 Å². The van der Waals surface area contributed by atoms with Gasteiger partial charge < -0.3 is 19.3 Å². The molecule has 3 atom stereocenters. The normalized spacial score (nSPS) is 22.2. The van der Waals surface area contributed by atoms with Crippen LogP contribution < -0.4 is 4.90 Å². The fraction of sp³-hybridized carbons (Fsp3) is 0.484. The molecule has 2 amide bonds. The molecule has 2 saturated heterocycles. The number of aromatic nitrogens is 3. The summed E-state index contributed by atoms with van der Waals surface area (Å²) in [4.78, 5) is 32.3. The van der Waals surface area contributed by atoms with E-state index in [0.29, 0.717) is 40.9 Å². The lowest BCUT2D eigenvalue weighted by Crippen LogP contribution is -2.54. The van der Waals surface area contributed by atoms with Gasteiger partial charge in [0.25, 0.3) is 5.91 Å².